The largest absolute Gasteiger partial charge is 0.481 e. The number of likely N-dealkylation sites (N-methyl/N-ethyl adjacent to an activating group) is 1. The fourth-order valence-electron chi connectivity index (χ4n) is 1.90. The molecule has 0 atom stereocenters. The lowest BCUT2D eigenvalue weighted by molar-refractivity contribution is -0.137. The summed E-state index contributed by atoms with van der Waals surface area (Å²) < 4.78 is 5.09. The summed E-state index contributed by atoms with van der Waals surface area (Å²) in [6, 6.07) is 3.24. The van der Waals surface area contributed by atoms with Gasteiger partial charge in [0.25, 0.3) is 5.91 Å². The second-order valence-corrected chi connectivity index (χ2v) is 4.44. The number of nitrogens with zero attached hydrogens (tertiary/aromatic N) is 2. The van der Waals surface area contributed by atoms with E-state index < -0.39 is 5.97 Å². The van der Waals surface area contributed by atoms with E-state index in [2.05, 4.69) is 18.7 Å². The van der Waals surface area contributed by atoms with Crippen molar-refractivity contribution in [1.29, 1.82) is 0 Å². The van der Waals surface area contributed by atoms with E-state index in [1.807, 2.05) is 0 Å². The van der Waals surface area contributed by atoms with Gasteiger partial charge in [-0.1, -0.05) is 13.8 Å². The molecule has 0 spiro atoms. The first-order valence-corrected chi connectivity index (χ1v) is 6.85. The second kappa shape index (κ2) is 8.37. The molecule has 20 heavy (non-hydrogen) atoms. The van der Waals surface area contributed by atoms with E-state index in [0.717, 1.165) is 19.6 Å². The standard InChI is InChI=1S/C14H22N2O4/c1-3-15(4-2)9-10-16(8-7-13(17)18)14(19)12-6-5-11-20-12/h5-6,11H,3-4,7-10H2,1-2H3,(H,17,18). The molecule has 0 aliphatic carbocycles. The van der Waals surface area contributed by atoms with Crippen molar-refractivity contribution in [3.8, 4) is 0 Å². The van der Waals surface area contributed by atoms with Crippen molar-refractivity contribution in [3.05, 3.63) is 24.2 Å². The van der Waals surface area contributed by atoms with E-state index in [1.54, 1.807) is 12.1 Å². The Kier molecular flexibility index (Phi) is 6.79. The van der Waals surface area contributed by atoms with Crippen LogP contribution in [0, 0.1) is 0 Å². The molecule has 1 aromatic heterocycles. The Labute approximate surface area is 119 Å². The van der Waals surface area contributed by atoms with E-state index in [9.17, 15) is 9.59 Å². The highest BCUT2D eigenvalue weighted by molar-refractivity contribution is 5.91. The Morgan fingerprint density at radius 1 is 1.20 bits per heavy atom. The predicted octanol–water partition coefficient (Wildman–Crippen LogP) is 1.54. The quantitative estimate of drug-likeness (QED) is 0.743. The number of aliphatic carboxylic acids is 1. The van der Waals surface area contributed by atoms with E-state index in [1.165, 1.54) is 11.2 Å². The first kappa shape index (κ1) is 16.2. The van der Waals surface area contributed by atoms with Crippen molar-refractivity contribution in [2.24, 2.45) is 0 Å². The molecule has 1 N–H and O–H groups in total. The molecule has 0 fully saturated rings. The summed E-state index contributed by atoms with van der Waals surface area (Å²) in [4.78, 5) is 26.6. The topological polar surface area (TPSA) is 74.0 Å². The molecule has 1 rings (SSSR count). The lowest BCUT2D eigenvalue weighted by Crippen LogP contribution is -2.39. The number of carboxylic acid groups (broad SMARTS) is 1. The van der Waals surface area contributed by atoms with Gasteiger partial charge in [-0.3, -0.25) is 9.59 Å². The molecule has 1 heterocycles. The third-order valence-electron chi connectivity index (χ3n) is 3.20. The van der Waals surface area contributed by atoms with Crippen molar-refractivity contribution in [2.75, 3.05) is 32.7 Å². The Morgan fingerprint density at radius 2 is 1.90 bits per heavy atom. The van der Waals surface area contributed by atoms with Crippen molar-refractivity contribution in [2.45, 2.75) is 20.3 Å². The van der Waals surface area contributed by atoms with Crippen LogP contribution < -0.4 is 0 Å². The number of furan rings is 1. The molecule has 0 bridgehead atoms. The minimum atomic E-state index is -0.912. The van der Waals surface area contributed by atoms with Crippen molar-refractivity contribution in [3.63, 3.8) is 0 Å². The molecular weight excluding hydrogens is 260 g/mol. The van der Waals surface area contributed by atoms with E-state index in [-0.39, 0.29) is 24.6 Å². The van der Waals surface area contributed by atoms with Crippen LogP contribution in [0.2, 0.25) is 0 Å². The zero-order chi connectivity index (χ0) is 15.0. The summed E-state index contributed by atoms with van der Waals surface area (Å²) in [7, 11) is 0. The number of amides is 1. The maximum atomic E-state index is 12.2. The zero-order valence-corrected chi connectivity index (χ0v) is 12.0. The van der Waals surface area contributed by atoms with Crippen LogP contribution in [0.15, 0.2) is 22.8 Å². The fourth-order valence-corrected chi connectivity index (χ4v) is 1.90. The van der Waals surface area contributed by atoms with Gasteiger partial charge in [-0.05, 0) is 25.2 Å². The van der Waals surface area contributed by atoms with Crippen LogP contribution in [0.3, 0.4) is 0 Å². The Balaban J connectivity index is 2.64. The molecule has 0 aliphatic heterocycles. The maximum absolute atomic E-state index is 12.2. The highest BCUT2D eigenvalue weighted by Gasteiger charge is 2.19. The molecule has 6 heteroatoms. The average molecular weight is 282 g/mol. The lowest BCUT2D eigenvalue weighted by atomic mass is 10.3. The van der Waals surface area contributed by atoms with E-state index in [4.69, 9.17) is 9.52 Å². The predicted molar refractivity (Wildman–Crippen MR) is 74.7 cm³/mol. The molecule has 0 saturated heterocycles. The van der Waals surface area contributed by atoms with Gasteiger partial charge in [0.05, 0.1) is 12.7 Å². The highest BCUT2D eigenvalue weighted by Crippen LogP contribution is 2.07. The third kappa shape index (κ3) is 5.05. The van der Waals surface area contributed by atoms with Crippen LogP contribution in [-0.2, 0) is 4.79 Å². The minimum Gasteiger partial charge on any atom is -0.481 e. The van der Waals surface area contributed by atoms with Gasteiger partial charge in [-0.25, -0.2) is 0 Å². The number of rotatable bonds is 9. The van der Waals surface area contributed by atoms with Gasteiger partial charge >= 0.3 is 5.97 Å². The summed E-state index contributed by atoms with van der Waals surface area (Å²) in [5.74, 6) is -0.927. The van der Waals surface area contributed by atoms with Crippen molar-refractivity contribution in [1.82, 2.24) is 9.80 Å². The van der Waals surface area contributed by atoms with Gasteiger partial charge in [0, 0.05) is 19.6 Å². The monoisotopic (exact) mass is 282 g/mol. The highest BCUT2D eigenvalue weighted by atomic mass is 16.4. The Hall–Kier alpha value is -1.82. The zero-order valence-electron chi connectivity index (χ0n) is 12.0. The number of hydrogen-bond acceptors (Lipinski definition) is 4. The van der Waals surface area contributed by atoms with E-state index >= 15 is 0 Å². The van der Waals surface area contributed by atoms with Gasteiger partial charge in [-0.2, -0.15) is 0 Å². The molecule has 6 nitrogen and oxygen atoms in total. The summed E-state index contributed by atoms with van der Waals surface area (Å²) >= 11 is 0. The number of carboxylic acids is 1. The SMILES string of the molecule is CCN(CC)CCN(CCC(=O)O)C(=O)c1ccco1. The van der Waals surface area contributed by atoms with Crippen LogP contribution in [0.4, 0.5) is 0 Å². The maximum Gasteiger partial charge on any atom is 0.305 e. The lowest BCUT2D eigenvalue weighted by Gasteiger charge is -2.25. The van der Waals surface area contributed by atoms with Gasteiger partial charge in [0.1, 0.15) is 0 Å². The van der Waals surface area contributed by atoms with Gasteiger partial charge in [0.2, 0.25) is 0 Å². The van der Waals surface area contributed by atoms with E-state index in [0.29, 0.717) is 6.54 Å². The van der Waals surface area contributed by atoms with Gasteiger partial charge in [0.15, 0.2) is 5.76 Å². The van der Waals surface area contributed by atoms with Gasteiger partial charge in [-0.15, -0.1) is 0 Å². The van der Waals surface area contributed by atoms with Crippen LogP contribution in [0.25, 0.3) is 0 Å². The summed E-state index contributed by atoms with van der Waals surface area (Å²) in [5, 5.41) is 8.77. The van der Waals surface area contributed by atoms with Crippen LogP contribution in [-0.4, -0.2) is 59.5 Å². The van der Waals surface area contributed by atoms with Gasteiger partial charge < -0.3 is 19.3 Å². The molecule has 1 amide bonds. The van der Waals surface area contributed by atoms with Crippen LogP contribution >= 0.6 is 0 Å². The Morgan fingerprint density at radius 3 is 2.40 bits per heavy atom. The number of hydrogen-bond donors (Lipinski definition) is 1. The second-order valence-electron chi connectivity index (χ2n) is 4.44. The average Bonchev–Trinajstić information content (AvgIpc) is 2.96. The van der Waals surface area contributed by atoms with Crippen molar-refractivity contribution >= 4 is 11.9 Å². The third-order valence-corrected chi connectivity index (χ3v) is 3.20. The summed E-state index contributed by atoms with van der Waals surface area (Å²) in [5.41, 5.74) is 0. The first-order valence-electron chi connectivity index (χ1n) is 6.85. The Bertz CT molecular complexity index is 413. The molecule has 0 radical (unpaired) electrons. The van der Waals surface area contributed by atoms with Crippen LogP contribution in [0.1, 0.15) is 30.8 Å². The smallest absolute Gasteiger partial charge is 0.305 e. The fraction of sp³-hybridized carbons (Fsp3) is 0.571. The number of carbonyl (C=O) groups is 2. The molecular formula is C14H22N2O4. The molecule has 0 aliphatic rings. The minimum absolute atomic E-state index is 0.0648. The molecule has 1 aromatic rings. The van der Waals surface area contributed by atoms with Crippen LogP contribution in [0.5, 0.6) is 0 Å². The first-order chi connectivity index (χ1) is 9.58. The molecule has 112 valence electrons. The molecule has 0 unspecified atom stereocenters. The molecule has 0 aromatic carbocycles. The normalized spacial score (nSPS) is 10.8. The summed E-state index contributed by atoms with van der Waals surface area (Å²) in [6.45, 7) is 7.32. The molecule has 0 saturated carbocycles. The van der Waals surface area contributed by atoms with Crippen molar-refractivity contribution < 1.29 is 19.1 Å². The number of carbonyl (C=O) groups excluding carboxylic acids is 1. The summed E-state index contributed by atoms with van der Waals surface area (Å²) in [6.07, 6.45) is 1.37.